The summed E-state index contributed by atoms with van der Waals surface area (Å²) in [6, 6.07) is 6.58. The molecule has 0 radical (unpaired) electrons. The molecule has 1 aromatic carbocycles. The Bertz CT molecular complexity index is 838. The lowest BCUT2D eigenvalue weighted by Crippen LogP contribution is -2.47. The smallest absolute Gasteiger partial charge is 0.257 e. The predicted octanol–water partition coefficient (Wildman–Crippen LogP) is 3.14. The van der Waals surface area contributed by atoms with E-state index in [9.17, 15) is 9.59 Å². The van der Waals surface area contributed by atoms with Gasteiger partial charge in [-0.1, -0.05) is 11.6 Å². The van der Waals surface area contributed by atoms with Gasteiger partial charge in [-0.15, -0.1) is 0 Å². The van der Waals surface area contributed by atoms with Crippen LogP contribution in [0.5, 0.6) is 0 Å². The molecule has 1 aromatic heterocycles. The fourth-order valence-electron chi connectivity index (χ4n) is 2.68. The number of hydrogen-bond donors (Lipinski definition) is 1. The third-order valence-electron chi connectivity index (χ3n) is 4.22. The normalized spacial score (nSPS) is 15.0. The molecule has 0 aliphatic carbocycles. The molecule has 1 aliphatic rings. The molecular formula is C18H18BrClN4O2. The van der Waals surface area contributed by atoms with Crippen LogP contribution in [0, 0.1) is 0 Å². The summed E-state index contributed by atoms with van der Waals surface area (Å²) < 4.78 is 0.704. The highest BCUT2D eigenvalue weighted by Crippen LogP contribution is 2.25. The van der Waals surface area contributed by atoms with Crippen LogP contribution in [0.4, 0.5) is 5.69 Å². The van der Waals surface area contributed by atoms with Crippen molar-refractivity contribution in [3.05, 3.63) is 57.3 Å². The number of halogens is 2. The summed E-state index contributed by atoms with van der Waals surface area (Å²) in [6.07, 6.45) is 3.06. The number of likely N-dealkylation sites (N-methyl/N-ethyl adjacent to an activating group) is 1. The van der Waals surface area contributed by atoms with Crippen LogP contribution >= 0.6 is 27.5 Å². The van der Waals surface area contributed by atoms with Gasteiger partial charge in [0.2, 0.25) is 0 Å². The molecule has 6 nitrogen and oxygen atoms in total. The van der Waals surface area contributed by atoms with Crippen molar-refractivity contribution in [1.29, 1.82) is 0 Å². The number of amides is 2. The number of aromatic nitrogens is 1. The maximum Gasteiger partial charge on any atom is 0.257 e. The Labute approximate surface area is 165 Å². The molecule has 8 heteroatoms. The number of rotatable bonds is 3. The number of pyridine rings is 1. The van der Waals surface area contributed by atoms with Gasteiger partial charge in [-0.05, 0) is 47.2 Å². The van der Waals surface area contributed by atoms with E-state index in [1.54, 1.807) is 30.5 Å². The van der Waals surface area contributed by atoms with E-state index in [2.05, 4.69) is 31.1 Å². The molecule has 1 N–H and O–H groups in total. The maximum atomic E-state index is 12.7. The van der Waals surface area contributed by atoms with Crippen LogP contribution in [-0.4, -0.2) is 59.8 Å². The third kappa shape index (κ3) is 4.41. The third-order valence-corrected chi connectivity index (χ3v) is 4.98. The number of nitrogens with one attached hydrogen (secondary N) is 1. The molecule has 0 saturated carbocycles. The van der Waals surface area contributed by atoms with E-state index in [-0.39, 0.29) is 11.8 Å². The molecule has 1 saturated heterocycles. The summed E-state index contributed by atoms with van der Waals surface area (Å²) in [6.45, 7) is 3.06. The zero-order valence-electron chi connectivity index (χ0n) is 14.2. The predicted molar refractivity (Wildman–Crippen MR) is 105 cm³/mol. The highest BCUT2D eigenvalue weighted by molar-refractivity contribution is 9.10. The highest BCUT2D eigenvalue weighted by Gasteiger charge is 2.21. The molecule has 1 fully saturated rings. The van der Waals surface area contributed by atoms with Gasteiger partial charge in [-0.2, -0.15) is 0 Å². The van der Waals surface area contributed by atoms with Crippen molar-refractivity contribution < 1.29 is 9.59 Å². The van der Waals surface area contributed by atoms with Gasteiger partial charge in [0, 0.05) is 48.6 Å². The Morgan fingerprint density at radius 2 is 1.85 bits per heavy atom. The Kier molecular flexibility index (Phi) is 5.90. The van der Waals surface area contributed by atoms with Crippen molar-refractivity contribution in [3.63, 3.8) is 0 Å². The van der Waals surface area contributed by atoms with Crippen LogP contribution in [-0.2, 0) is 0 Å². The molecule has 3 rings (SSSR count). The van der Waals surface area contributed by atoms with Crippen LogP contribution < -0.4 is 5.32 Å². The Balaban J connectivity index is 1.77. The van der Waals surface area contributed by atoms with E-state index in [0.29, 0.717) is 39.4 Å². The Morgan fingerprint density at radius 3 is 2.54 bits per heavy atom. The number of benzene rings is 1. The van der Waals surface area contributed by atoms with E-state index in [1.165, 1.54) is 6.20 Å². The first-order valence-electron chi connectivity index (χ1n) is 8.13. The molecule has 0 atom stereocenters. The van der Waals surface area contributed by atoms with E-state index in [0.717, 1.165) is 13.1 Å². The fourth-order valence-corrected chi connectivity index (χ4v) is 3.21. The van der Waals surface area contributed by atoms with Gasteiger partial charge >= 0.3 is 0 Å². The summed E-state index contributed by atoms with van der Waals surface area (Å²) in [5.74, 6) is -0.403. The second-order valence-corrected chi connectivity index (χ2v) is 7.46. The van der Waals surface area contributed by atoms with Gasteiger partial charge < -0.3 is 15.1 Å². The molecule has 2 aromatic rings. The van der Waals surface area contributed by atoms with Crippen LogP contribution in [0.25, 0.3) is 0 Å². The van der Waals surface area contributed by atoms with Gasteiger partial charge in [-0.3, -0.25) is 14.6 Å². The molecule has 0 spiro atoms. The zero-order valence-corrected chi connectivity index (χ0v) is 16.5. The summed E-state index contributed by atoms with van der Waals surface area (Å²) in [5.41, 5.74) is 1.30. The second-order valence-electron chi connectivity index (χ2n) is 6.14. The fraction of sp³-hybridized carbons (Fsp3) is 0.278. The summed E-state index contributed by atoms with van der Waals surface area (Å²) in [7, 11) is 2.04. The van der Waals surface area contributed by atoms with Crippen molar-refractivity contribution in [2.24, 2.45) is 0 Å². The van der Waals surface area contributed by atoms with Crippen molar-refractivity contribution in [2.45, 2.75) is 0 Å². The summed E-state index contributed by atoms with van der Waals surface area (Å²) in [5, 5.41) is 3.12. The molecule has 2 amide bonds. The van der Waals surface area contributed by atoms with Crippen molar-refractivity contribution in [1.82, 2.24) is 14.8 Å². The van der Waals surface area contributed by atoms with E-state index >= 15 is 0 Å². The van der Waals surface area contributed by atoms with Crippen molar-refractivity contribution in [3.8, 4) is 0 Å². The second kappa shape index (κ2) is 8.16. The van der Waals surface area contributed by atoms with Crippen LogP contribution in [0.3, 0.4) is 0 Å². The maximum absolute atomic E-state index is 12.7. The largest absolute Gasteiger partial charge is 0.336 e. The van der Waals surface area contributed by atoms with Gasteiger partial charge in [0.25, 0.3) is 11.8 Å². The SMILES string of the molecule is CN1CCN(C(=O)c2ccc(Cl)c(NC(=O)c3cncc(Br)c3)c2)CC1. The first kappa shape index (κ1) is 18.8. The summed E-state index contributed by atoms with van der Waals surface area (Å²) in [4.78, 5) is 33.1. The van der Waals surface area contributed by atoms with Crippen molar-refractivity contribution >= 4 is 45.0 Å². The van der Waals surface area contributed by atoms with E-state index < -0.39 is 0 Å². The molecule has 0 unspecified atom stereocenters. The van der Waals surface area contributed by atoms with Crippen LogP contribution in [0.2, 0.25) is 5.02 Å². The average Bonchev–Trinajstić information content (AvgIpc) is 2.63. The first-order chi connectivity index (χ1) is 12.4. The van der Waals surface area contributed by atoms with Crippen LogP contribution in [0.1, 0.15) is 20.7 Å². The lowest BCUT2D eigenvalue weighted by molar-refractivity contribution is 0.0664. The van der Waals surface area contributed by atoms with E-state index in [1.807, 2.05) is 11.9 Å². The number of anilines is 1. The lowest BCUT2D eigenvalue weighted by Gasteiger charge is -2.32. The summed E-state index contributed by atoms with van der Waals surface area (Å²) >= 11 is 9.48. The topological polar surface area (TPSA) is 65.5 Å². The molecular weight excluding hydrogens is 420 g/mol. The van der Waals surface area contributed by atoms with Gasteiger partial charge in [0.05, 0.1) is 16.3 Å². The monoisotopic (exact) mass is 436 g/mol. The van der Waals surface area contributed by atoms with Gasteiger partial charge in [0.1, 0.15) is 0 Å². The number of piperazine rings is 1. The molecule has 0 bridgehead atoms. The van der Waals surface area contributed by atoms with Gasteiger partial charge in [-0.25, -0.2) is 0 Å². The van der Waals surface area contributed by atoms with Crippen molar-refractivity contribution in [2.75, 3.05) is 38.5 Å². The zero-order chi connectivity index (χ0) is 18.7. The number of hydrogen-bond acceptors (Lipinski definition) is 4. The van der Waals surface area contributed by atoms with E-state index in [4.69, 9.17) is 11.6 Å². The Morgan fingerprint density at radius 1 is 1.12 bits per heavy atom. The molecule has 26 heavy (non-hydrogen) atoms. The van der Waals surface area contributed by atoms with Crippen LogP contribution in [0.15, 0.2) is 41.1 Å². The van der Waals surface area contributed by atoms with Gasteiger partial charge in [0.15, 0.2) is 0 Å². The average molecular weight is 438 g/mol. The number of nitrogens with zero attached hydrogens (tertiary/aromatic N) is 3. The molecule has 2 heterocycles. The standard InChI is InChI=1S/C18H18BrClN4O2/c1-23-4-6-24(7-5-23)18(26)12-2-3-15(20)16(9-12)22-17(25)13-8-14(19)11-21-10-13/h2-3,8-11H,4-7H2,1H3,(H,22,25). The number of carbonyl (C=O) groups is 2. The minimum atomic E-state index is -0.343. The lowest BCUT2D eigenvalue weighted by atomic mass is 10.1. The minimum absolute atomic E-state index is 0.0608. The molecule has 1 aliphatic heterocycles. The molecule has 136 valence electrons. The minimum Gasteiger partial charge on any atom is -0.336 e. The Hall–Kier alpha value is -1.96. The first-order valence-corrected chi connectivity index (χ1v) is 9.30. The number of carbonyl (C=O) groups excluding carboxylic acids is 2. The quantitative estimate of drug-likeness (QED) is 0.801. The highest BCUT2D eigenvalue weighted by atomic mass is 79.9.